The topological polar surface area (TPSA) is 86.3 Å². The van der Waals surface area contributed by atoms with Gasteiger partial charge in [-0.05, 0) is 58.7 Å². The van der Waals surface area contributed by atoms with Gasteiger partial charge in [0.1, 0.15) is 5.60 Å². The van der Waals surface area contributed by atoms with Crippen molar-refractivity contribution in [1.82, 2.24) is 20.4 Å². The van der Waals surface area contributed by atoms with E-state index in [4.69, 9.17) is 4.74 Å². The summed E-state index contributed by atoms with van der Waals surface area (Å²) in [4.78, 5) is 32.2. The molecule has 0 atom stereocenters. The van der Waals surface area contributed by atoms with Crippen LogP contribution in [0.15, 0.2) is 29.3 Å². The van der Waals surface area contributed by atoms with Crippen LogP contribution in [0.1, 0.15) is 50.5 Å². The Morgan fingerprint density at radius 1 is 1.13 bits per heavy atom. The van der Waals surface area contributed by atoms with E-state index in [0.717, 1.165) is 18.5 Å². The molecule has 0 aliphatic carbocycles. The first-order valence-corrected chi connectivity index (χ1v) is 10.9. The second-order valence-electron chi connectivity index (χ2n) is 8.40. The van der Waals surface area contributed by atoms with Gasteiger partial charge in [0.15, 0.2) is 5.96 Å². The summed E-state index contributed by atoms with van der Waals surface area (Å²) in [6.07, 6.45) is 0.412. The molecular weight excluding hydrogens is 394 g/mol. The van der Waals surface area contributed by atoms with Crippen LogP contribution in [0.25, 0.3) is 0 Å². The molecule has 0 spiro atoms. The molecule has 0 saturated heterocycles. The van der Waals surface area contributed by atoms with Crippen molar-refractivity contribution in [2.24, 2.45) is 4.99 Å². The molecule has 0 heterocycles. The van der Waals surface area contributed by atoms with Crippen LogP contribution in [0, 0.1) is 0 Å². The number of benzene rings is 1. The number of rotatable bonds is 9. The normalized spacial score (nSPS) is 11.6. The van der Waals surface area contributed by atoms with Gasteiger partial charge >= 0.3 is 6.09 Å². The molecule has 1 rings (SSSR count). The van der Waals surface area contributed by atoms with Crippen molar-refractivity contribution in [2.45, 2.75) is 46.6 Å². The summed E-state index contributed by atoms with van der Waals surface area (Å²) >= 11 is 0. The highest BCUT2D eigenvalue weighted by Crippen LogP contribution is 2.10. The van der Waals surface area contributed by atoms with Crippen LogP contribution in [-0.4, -0.2) is 80.2 Å². The number of carbonyl (C=O) groups is 2. The maximum Gasteiger partial charge on any atom is 0.410 e. The number of ether oxygens (including phenoxy) is 1. The van der Waals surface area contributed by atoms with E-state index >= 15 is 0 Å². The molecule has 0 fully saturated rings. The fraction of sp³-hybridized carbons (Fsp3) is 0.609. The first-order valence-electron chi connectivity index (χ1n) is 10.9. The molecule has 1 aromatic rings. The van der Waals surface area contributed by atoms with Gasteiger partial charge in [-0.15, -0.1) is 0 Å². The fourth-order valence-corrected chi connectivity index (χ4v) is 2.77. The minimum atomic E-state index is -0.511. The van der Waals surface area contributed by atoms with Crippen LogP contribution in [-0.2, 0) is 11.2 Å². The monoisotopic (exact) mass is 433 g/mol. The van der Waals surface area contributed by atoms with E-state index in [1.165, 1.54) is 0 Å². The van der Waals surface area contributed by atoms with E-state index in [1.807, 2.05) is 58.9 Å². The lowest BCUT2D eigenvalue weighted by Gasteiger charge is -2.26. The third-order valence-corrected chi connectivity index (χ3v) is 4.30. The van der Waals surface area contributed by atoms with Gasteiger partial charge < -0.3 is 25.2 Å². The highest BCUT2D eigenvalue weighted by molar-refractivity contribution is 5.94. The Balaban J connectivity index is 2.61. The quantitative estimate of drug-likeness (QED) is 0.462. The zero-order chi connectivity index (χ0) is 23.4. The maximum atomic E-state index is 12.2. The molecule has 174 valence electrons. The third-order valence-electron chi connectivity index (χ3n) is 4.30. The Labute approximate surface area is 187 Å². The molecule has 8 nitrogen and oxygen atoms in total. The Morgan fingerprint density at radius 2 is 1.84 bits per heavy atom. The molecule has 0 aliphatic rings. The summed E-state index contributed by atoms with van der Waals surface area (Å²) in [5.41, 5.74) is 1.23. The summed E-state index contributed by atoms with van der Waals surface area (Å²) in [6.45, 7) is 12.5. The lowest BCUT2D eigenvalue weighted by atomic mass is 10.1. The number of carbonyl (C=O) groups excluding carboxylic acids is 2. The molecule has 8 heteroatoms. The van der Waals surface area contributed by atoms with Crippen molar-refractivity contribution < 1.29 is 14.3 Å². The Kier molecular flexibility index (Phi) is 10.9. The number of aliphatic imine (C=N–C) groups is 1. The second kappa shape index (κ2) is 12.8. The molecule has 0 saturated carbocycles. The van der Waals surface area contributed by atoms with Gasteiger partial charge in [0.05, 0.1) is 0 Å². The van der Waals surface area contributed by atoms with Crippen molar-refractivity contribution >= 4 is 18.0 Å². The average Bonchev–Trinajstić information content (AvgIpc) is 2.69. The van der Waals surface area contributed by atoms with Crippen molar-refractivity contribution in [3.05, 3.63) is 35.4 Å². The molecule has 2 N–H and O–H groups in total. The standard InChI is InChI=1S/C23H39N5O3/c1-8-24-21(26-15-16-28(9-2)22(30)31-23(3,4)5)25-14-13-18-11-10-12-19(17-18)20(29)27(6)7/h10-12,17H,8-9,13-16H2,1-7H3,(H2,24,25,26). The predicted molar refractivity (Wildman–Crippen MR) is 126 cm³/mol. The minimum absolute atomic E-state index is 0.00850. The highest BCUT2D eigenvalue weighted by atomic mass is 16.6. The fourth-order valence-electron chi connectivity index (χ4n) is 2.77. The van der Waals surface area contributed by atoms with Gasteiger partial charge in [-0.3, -0.25) is 9.79 Å². The zero-order valence-corrected chi connectivity index (χ0v) is 20.1. The first-order chi connectivity index (χ1) is 14.6. The van der Waals surface area contributed by atoms with Gasteiger partial charge in [-0.1, -0.05) is 12.1 Å². The van der Waals surface area contributed by atoms with Gasteiger partial charge in [0, 0.05) is 52.4 Å². The molecule has 0 aromatic heterocycles. The summed E-state index contributed by atoms with van der Waals surface area (Å²) < 4.78 is 5.44. The Bertz CT molecular complexity index is 741. The van der Waals surface area contributed by atoms with Crippen LogP contribution in [0.5, 0.6) is 0 Å². The molecule has 2 amide bonds. The summed E-state index contributed by atoms with van der Waals surface area (Å²) in [5, 5.41) is 6.48. The van der Waals surface area contributed by atoms with Crippen LogP contribution >= 0.6 is 0 Å². The second-order valence-corrected chi connectivity index (χ2v) is 8.40. The van der Waals surface area contributed by atoms with Crippen molar-refractivity contribution in [3.63, 3.8) is 0 Å². The average molecular weight is 434 g/mol. The van der Waals surface area contributed by atoms with Crippen LogP contribution in [0.2, 0.25) is 0 Å². The number of likely N-dealkylation sites (N-methyl/N-ethyl adjacent to an activating group) is 1. The van der Waals surface area contributed by atoms with Crippen LogP contribution < -0.4 is 10.6 Å². The number of hydrogen-bond donors (Lipinski definition) is 2. The lowest BCUT2D eigenvalue weighted by Crippen LogP contribution is -2.44. The molecule has 0 bridgehead atoms. The number of amides is 2. The predicted octanol–water partition coefficient (Wildman–Crippen LogP) is 2.74. The molecular formula is C23H39N5O3. The summed E-state index contributed by atoms with van der Waals surface area (Å²) in [5.74, 6) is 0.689. The minimum Gasteiger partial charge on any atom is -0.444 e. The lowest BCUT2D eigenvalue weighted by molar-refractivity contribution is 0.0263. The first kappa shape index (κ1) is 26.3. The van der Waals surface area contributed by atoms with E-state index in [0.29, 0.717) is 37.7 Å². The maximum absolute atomic E-state index is 12.2. The van der Waals surface area contributed by atoms with E-state index in [9.17, 15) is 9.59 Å². The van der Waals surface area contributed by atoms with E-state index in [-0.39, 0.29) is 12.0 Å². The van der Waals surface area contributed by atoms with Crippen molar-refractivity contribution in [3.8, 4) is 0 Å². The van der Waals surface area contributed by atoms with Gasteiger partial charge in [0.2, 0.25) is 0 Å². The summed E-state index contributed by atoms with van der Waals surface area (Å²) in [6, 6.07) is 7.64. The van der Waals surface area contributed by atoms with Gasteiger partial charge in [0.25, 0.3) is 5.91 Å². The van der Waals surface area contributed by atoms with Crippen LogP contribution in [0.3, 0.4) is 0 Å². The van der Waals surface area contributed by atoms with Gasteiger partial charge in [-0.25, -0.2) is 4.79 Å². The molecule has 0 radical (unpaired) electrons. The smallest absolute Gasteiger partial charge is 0.410 e. The Morgan fingerprint density at radius 3 is 2.42 bits per heavy atom. The molecule has 31 heavy (non-hydrogen) atoms. The SMILES string of the molecule is CCNC(=NCCc1cccc(C(=O)N(C)C)c1)NCCN(CC)C(=O)OC(C)(C)C. The number of nitrogens with one attached hydrogen (secondary N) is 2. The highest BCUT2D eigenvalue weighted by Gasteiger charge is 2.20. The molecule has 1 aromatic carbocycles. The van der Waals surface area contributed by atoms with Crippen molar-refractivity contribution in [2.75, 3.05) is 46.8 Å². The molecule has 0 unspecified atom stereocenters. The Hall–Kier alpha value is -2.77. The van der Waals surface area contributed by atoms with E-state index < -0.39 is 5.60 Å². The van der Waals surface area contributed by atoms with E-state index in [1.54, 1.807) is 23.9 Å². The van der Waals surface area contributed by atoms with Crippen molar-refractivity contribution in [1.29, 1.82) is 0 Å². The van der Waals surface area contributed by atoms with Gasteiger partial charge in [-0.2, -0.15) is 0 Å². The van der Waals surface area contributed by atoms with E-state index in [2.05, 4.69) is 15.6 Å². The zero-order valence-electron chi connectivity index (χ0n) is 20.1. The van der Waals surface area contributed by atoms with Crippen LogP contribution in [0.4, 0.5) is 4.79 Å². The number of nitrogens with zero attached hydrogens (tertiary/aromatic N) is 3. The molecule has 0 aliphatic heterocycles. The largest absolute Gasteiger partial charge is 0.444 e. The number of guanidine groups is 1. The summed E-state index contributed by atoms with van der Waals surface area (Å²) in [7, 11) is 3.49. The number of hydrogen-bond acceptors (Lipinski definition) is 4. The third kappa shape index (κ3) is 10.2.